The number of anilines is 1. The number of rotatable bonds is 8. The number of carbonyl (C=O) groups is 1. The van der Waals surface area contributed by atoms with Crippen molar-refractivity contribution >= 4 is 21.6 Å². The van der Waals surface area contributed by atoms with Gasteiger partial charge in [0.15, 0.2) is 6.10 Å². The molecule has 7 nitrogen and oxygen atoms in total. The highest BCUT2D eigenvalue weighted by Crippen LogP contribution is 2.21. The number of aromatic nitrogens is 1. The topological polar surface area (TPSA) is 88.6 Å². The summed E-state index contributed by atoms with van der Waals surface area (Å²) in [5, 5.41) is 2.84. The van der Waals surface area contributed by atoms with Gasteiger partial charge in [-0.2, -0.15) is 0 Å². The van der Waals surface area contributed by atoms with Gasteiger partial charge in [0.05, 0.1) is 11.9 Å². The minimum absolute atomic E-state index is 0.207. The van der Waals surface area contributed by atoms with Gasteiger partial charge in [-0.05, 0) is 48.4 Å². The molecule has 0 aliphatic rings. The van der Waals surface area contributed by atoms with Crippen molar-refractivity contribution < 1.29 is 17.9 Å². The Morgan fingerprint density at radius 1 is 1.19 bits per heavy atom. The number of hydrogen-bond donors (Lipinski definition) is 1. The summed E-state index contributed by atoms with van der Waals surface area (Å²) in [6.45, 7) is 2.27. The average molecular weight is 377 g/mol. The van der Waals surface area contributed by atoms with Crippen molar-refractivity contribution in [2.45, 2.75) is 26.0 Å². The van der Waals surface area contributed by atoms with Crippen LogP contribution in [0.2, 0.25) is 0 Å². The van der Waals surface area contributed by atoms with Crippen LogP contribution >= 0.6 is 0 Å². The molecule has 0 aliphatic carbocycles. The quantitative estimate of drug-likeness (QED) is 0.760. The zero-order valence-corrected chi connectivity index (χ0v) is 15.9. The molecular formula is C18H23N3O4S. The highest BCUT2D eigenvalue weighted by atomic mass is 32.2. The Balaban J connectivity index is 1.97. The molecule has 0 spiro atoms. The lowest BCUT2D eigenvalue weighted by molar-refractivity contribution is -0.128. The van der Waals surface area contributed by atoms with E-state index in [1.54, 1.807) is 36.7 Å². The molecule has 1 aromatic heterocycles. The van der Waals surface area contributed by atoms with E-state index in [0.29, 0.717) is 24.4 Å². The van der Waals surface area contributed by atoms with Gasteiger partial charge >= 0.3 is 0 Å². The smallest absolute Gasteiger partial charge is 0.261 e. The van der Waals surface area contributed by atoms with Crippen LogP contribution in [0.25, 0.3) is 0 Å². The van der Waals surface area contributed by atoms with Crippen LogP contribution in [-0.2, 0) is 21.4 Å². The van der Waals surface area contributed by atoms with Crippen LogP contribution in [0.3, 0.4) is 0 Å². The van der Waals surface area contributed by atoms with Crippen LogP contribution in [0.4, 0.5) is 5.69 Å². The lowest BCUT2D eigenvalue weighted by Crippen LogP contribution is -2.37. The zero-order chi connectivity index (χ0) is 19.2. The van der Waals surface area contributed by atoms with Crippen molar-refractivity contribution in [2.75, 3.05) is 17.6 Å². The number of sulfonamides is 1. The van der Waals surface area contributed by atoms with Crippen LogP contribution < -0.4 is 14.4 Å². The molecule has 8 heteroatoms. The van der Waals surface area contributed by atoms with Crippen molar-refractivity contribution in [2.24, 2.45) is 0 Å². The Morgan fingerprint density at radius 3 is 2.35 bits per heavy atom. The van der Waals surface area contributed by atoms with E-state index in [1.807, 2.05) is 19.1 Å². The Hall–Kier alpha value is -2.61. The van der Waals surface area contributed by atoms with Gasteiger partial charge in [0.1, 0.15) is 5.75 Å². The fraction of sp³-hybridized carbons (Fsp3) is 0.333. The molecular weight excluding hydrogens is 354 g/mol. The maximum Gasteiger partial charge on any atom is 0.261 e. The van der Waals surface area contributed by atoms with Crippen molar-refractivity contribution in [1.29, 1.82) is 0 Å². The molecule has 0 aliphatic heterocycles. The molecule has 2 aromatic rings. The third kappa shape index (κ3) is 5.45. The minimum atomic E-state index is -3.32. The molecule has 1 N–H and O–H groups in total. The van der Waals surface area contributed by atoms with Gasteiger partial charge in [0, 0.05) is 26.0 Å². The molecule has 2 rings (SSSR count). The van der Waals surface area contributed by atoms with Crippen LogP contribution in [0, 0.1) is 0 Å². The fourth-order valence-electron chi connectivity index (χ4n) is 2.22. The van der Waals surface area contributed by atoms with E-state index in [2.05, 4.69) is 10.3 Å². The number of pyridine rings is 1. The lowest BCUT2D eigenvalue weighted by Gasteiger charge is -2.19. The summed E-state index contributed by atoms with van der Waals surface area (Å²) in [6, 6.07) is 10.2. The minimum Gasteiger partial charge on any atom is -0.481 e. The SMILES string of the molecule is CC[C@H](Oc1ccc(N(C)S(C)(=O)=O)cc1)C(=O)NCc1ccncc1. The Kier molecular flexibility index (Phi) is 6.57. The van der Waals surface area contributed by atoms with Gasteiger partial charge in [0.2, 0.25) is 10.0 Å². The maximum atomic E-state index is 12.3. The number of nitrogens with zero attached hydrogens (tertiary/aromatic N) is 2. The highest BCUT2D eigenvalue weighted by Gasteiger charge is 2.18. The van der Waals surface area contributed by atoms with Crippen LogP contribution in [0.15, 0.2) is 48.8 Å². The summed E-state index contributed by atoms with van der Waals surface area (Å²) in [5.74, 6) is 0.295. The molecule has 0 saturated heterocycles. The Labute approximate surface area is 154 Å². The maximum absolute atomic E-state index is 12.3. The first-order chi connectivity index (χ1) is 12.3. The summed E-state index contributed by atoms with van der Waals surface area (Å²) in [6.07, 6.45) is 4.36. The summed E-state index contributed by atoms with van der Waals surface area (Å²) in [4.78, 5) is 16.3. The summed E-state index contributed by atoms with van der Waals surface area (Å²) in [5.41, 5.74) is 1.48. The second kappa shape index (κ2) is 8.66. The number of amides is 1. The second-order valence-corrected chi connectivity index (χ2v) is 7.83. The first-order valence-corrected chi connectivity index (χ1v) is 10.0. The fourth-order valence-corrected chi connectivity index (χ4v) is 2.72. The van der Waals surface area contributed by atoms with E-state index in [-0.39, 0.29) is 5.91 Å². The summed E-state index contributed by atoms with van der Waals surface area (Å²) < 4.78 is 30.0. The third-order valence-corrected chi connectivity index (χ3v) is 5.06. The van der Waals surface area contributed by atoms with Gasteiger partial charge < -0.3 is 10.1 Å². The first-order valence-electron chi connectivity index (χ1n) is 8.18. The van der Waals surface area contributed by atoms with Crippen molar-refractivity contribution in [1.82, 2.24) is 10.3 Å². The monoisotopic (exact) mass is 377 g/mol. The average Bonchev–Trinajstić information content (AvgIpc) is 2.64. The zero-order valence-electron chi connectivity index (χ0n) is 15.0. The molecule has 0 fully saturated rings. The molecule has 0 radical (unpaired) electrons. The van der Waals surface area contributed by atoms with E-state index in [9.17, 15) is 13.2 Å². The van der Waals surface area contributed by atoms with E-state index in [1.165, 1.54) is 11.4 Å². The largest absolute Gasteiger partial charge is 0.481 e. The second-order valence-electron chi connectivity index (χ2n) is 5.81. The molecule has 1 amide bonds. The number of nitrogens with one attached hydrogen (secondary N) is 1. The number of benzene rings is 1. The highest BCUT2D eigenvalue weighted by molar-refractivity contribution is 7.92. The van der Waals surface area contributed by atoms with Crippen LogP contribution in [-0.4, -0.2) is 38.7 Å². The van der Waals surface area contributed by atoms with Gasteiger partial charge in [-0.15, -0.1) is 0 Å². The van der Waals surface area contributed by atoms with E-state index in [4.69, 9.17) is 4.74 Å². The van der Waals surface area contributed by atoms with E-state index in [0.717, 1.165) is 11.8 Å². The number of hydrogen-bond acceptors (Lipinski definition) is 5. The number of carbonyl (C=O) groups excluding carboxylic acids is 1. The molecule has 140 valence electrons. The molecule has 1 aromatic carbocycles. The normalized spacial score (nSPS) is 12.3. The molecule has 0 saturated carbocycles. The van der Waals surface area contributed by atoms with Crippen LogP contribution in [0.5, 0.6) is 5.75 Å². The standard InChI is InChI=1S/C18H23N3O4S/c1-4-17(18(22)20-13-14-9-11-19-12-10-14)25-16-7-5-15(6-8-16)21(2)26(3,23)24/h5-12,17H,4,13H2,1-3H3,(H,20,22)/t17-/m0/s1. The van der Waals surface area contributed by atoms with Crippen molar-refractivity contribution in [3.63, 3.8) is 0 Å². The number of ether oxygens (including phenoxy) is 1. The van der Waals surface area contributed by atoms with Gasteiger partial charge in [-0.3, -0.25) is 14.1 Å². The summed E-state index contributed by atoms with van der Waals surface area (Å²) >= 11 is 0. The van der Waals surface area contributed by atoms with E-state index >= 15 is 0 Å². The molecule has 1 atom stereocenters. The first kappa shape index (κ1) is 19.7. The molecule has 0 bridgehead atoms. The van der Waals surface area contributed by atoms with Gasteiger partial charge in [0.25, 0.3) is 5.91 Å². The van der Waals surface area contributed by atoms with Crippen LogP contribution in [0.1, 0.15) is 18.9 Å². The molecule has 26 heavy (non-hydrogen) atoms. The van der Waals surface area contributed by atoms with Crippen molar-refractivity contribution in [3.8, 4) is 5.75 Å². The molecule has 0 unspecified atom stereocenters. The lowest BCUT2D eigenvalue weighted by atomic mass is 10.2. The summed E-state index contributed by atoms with van der Waals surface area (Å²) in [7, 11) is -1.84. The van der Waals surface area contributed by atoms with Gasteiger partial charge in [-0.1, -0.05) is 6.92 Å². The van der Waals surface area contributed by atoms with Gasteiger partial charge in [-0.25, -0.2) is 8.42 Å². The molecule has 1 heterocycles. The predicted molar refractivity (Wildman–Crippen MR) is 100 cm³/mol. The van der Waals surface area contributed by atoms with Crippen molar-refractivity contribution in [3.05, 3.63) is 54.4 Å². The third-order valence-electron chi connectivity index (χ3n) is 3.86. The predicted octanol–water partition coefficient (Wildman–Crippen LogP) is 1.95. The van der Waals surface area contributed by atoms with E-state index < -0.39 is 16.1 Å². The Bertz CT molecular complexity index is 823. The Morgan fingerprint density at radius 2 is 1.81 bits per heavy atom.